The first kappa shape index (κ1) is 43.2. The van der Waals surface area contributed by atoms with Crippen LogP contribution in [0.4, 0.5) is 0 Å². The highest BCUT2D eigenvalue weighted by molar-refractivity contribution is 6.00. The number of carbonyl (C=O) groups is 2. The van der Waals surface area contributed by atoms with Gasteiger partial charge < -0.3 is 50.4 Å². The Bertz CT molecular complexity index is 1430. The van der Waals surface area contributed by atoms with Crippen LogP contribution in [0.3, 0.4) is 0 Å². The van der Waals surface area contributed by atoms with Gasteiger partial charge >= 0.3 is 5.96 Å². The third-order valence-electron chi connectivity index (χ3n) is 15.7. The Labute approximate surface area is 335 Å². The van der Waals surface area contributed by atoms with Crippen molar-refractivity contribution in [2.45, 2.75) is 144 Å². The van der Waals surface area contributed by atoms with Gasteiger partial charge in [0, 0.05) is 50.0 Å². The van der Waals surface area contributed by atoms with E-state index in [4.69, 9.17) is 31.4 Å². The van der Waals surface area contributed by atoms with Crippen LogP contribution in [0.2, 0.25) is 0 Å². The van der Waals surface area contributed by atoms with Crippen molar-refractivity contribution in [3.05, 3.63) is 0 Å². The molecule has 0 radical (unpaired) electrons. The van der Waals surface area contributed by atoms with E-state index in [-0.39, 0.29) is 66.5 Å². The number of hydrogen-bond donors (Lipinski definition) is 12. The number of fused-ring (bicyclic) bond motifs is 3. The second kappa shape index (κ2) is 18.0. The molecule has 20 atom stereocenters. The summed E-state index contributed by atoms with van der Waals surface area (Å²) in [4.78, 5) is 32.7. The summed E-state index contributed by atoms with van der Waals surface area (Å²) < 4.78 is 18.3. The summed E-state index contributed by atoms with van der Waals surface area (Å²) in [7, 11) is 3.28. The number of nitrogens with one attached hydrogen (secondary N) is 2. The average molecular weight is 811 g/mol. The van der Waals surface area contributed by atoms with E-state index in [0.29, 0.717) is 31.1 Å². The van der Waals surface area contributed by atoms with Crippen molar-refractivity contribution in [1.29, 1.82) is 0 Å². The number of piperidine rings is 2. The van der Waals surface area contributed by atoms with Crippen LogP contribution in [0.1, 0.15) is 77.0 Å². The number of ether oxygens (including phenoxy) is 3. The quantitative estimate of drug-likeness (QED) is 0.0723. The molecule has 57 heavy (non-hydrogen) atoms. The van der Waals surface area contributed by atoms with Gasteiger partial charge in [0.25, 0.3) is 0 Å². The molecule has 13 unspecified atom stereocenters. The highest BCUT2D eigenvalue weighted by Crippen LogP contribution is 2.55. The maximum atomic E-state index is 15.0. The van der Waals surface area contributed by atoms with Crippen LogP contribution in [0.5, 0.6) is 0 Å². The first-order valence-corrected chi connectivity index (χ1v) is 21.8. The predicted molar refractivity (Wildman–Crippen MR) is 204 cm³/mol. The zero-order valence-corrected chi connectivity index (χ0v) is 33.7. The fraction of sp³-hybridized carbons (Fsp3) is 0.925. The van der Waals surface area contributed by atoms with E-state index >= 15 is 0 Å². The fourth-order valence-corrected chi connectivity index (χ4v) is 12.6. The number of hydrogen-bond acceptors (Lipinski definition) is 12. The van der Waals surface area contributed by atoms with Gasteiger partial charge in [-0.05, 0) is 75.5 Å². The van der Waals surface area contributed by atoms with Gasteiger partial charge in [0.15, 0.2) is 6.29 Å². The minimum atomic E-state index is -1.96. The zero-order valence-electron chi connectivity index (χ0n) is 33.7. The van der Waals surface area contributed by atoms with Crippen LogP contribution < -0.4 is 38.1 Å². The van der Waals surface area contributed by atoms with Crippen LogP contribution in [-0.2, 0) is 23.8 Å². The molecule has 7 aliphatic rings. The second-order valence-electron chi connectivity index (χ2n) is 18.8. The van der Waals surface area contributed by atoms with Crippen molar-refractivity contribution < 1.29 is 65.0 Å². The molecule has 7 fully saturated rings. The molecule has 17 heteroatoms. The van der Waals surface area contributed by atoms with Crippen LogP contribution >= 0.6 is 0 Å². The first-order chi connectivity index (χ1) is 27.3. The van der Waals surface area contributed by atoms with Gasteiger partial charge in [-0.3, -0.25) is 37.1 Å². The SMILES string of the molecule is C[NH+]=C(N)N[C@H]1CC[C@@H](CC2CCC(N)[NH2+]C2)C2CC3C(=O)C4CC(OC)CC(O[C@H]5O[C@H](CO)[C@](O)(CCC6CC[NH2+]C(N)C6)[C@H](O)[C@H]5O)C4C(=O)C3C(O)C21. The molecular formula is C40H72N7O10+3. The van der Waals surface area contributed by atoms with Crippen molar-refractivity contribution in [3.63, 3.8) is 0 Å². The number of rotatable bonds is 10. The lowest BCUT2D eigenvalue weighted by atomic mass is 9.49. The van der Waals surface area contributed by atoms with Gasteiger partial charge in [0.1, 0.15) is 47.8 Å². The topological polar surface area (TPSA) is 300 Å². The summed E-state index contributed by atoms with van der Waals surface area (Å²) in [5.74, 6) is -2.58. The number of guanidine groups is 1. The zero-order chi connectivity index (χ0) is 40.8. The van der Waals surface area contributed by atoms with Crippen LogP contribution in [-0.4, -0.2) is 144 Å². The van der Waals surface area contributed by atoms with E-state index < -0.39 is 78.8 Å². The lowest BCUT2D eigenvalue weighted by Crippen LogP contribution is -2.95. The van der Waals surface area contributed by atoms with Crippen molar-refractivity contribution in [3.8, 4) is 0 Å². The van der Waals surface area contributed by atoms with Gasteiger partial charge in [0.05, 0.1) is 62.9 Å². The minimum absolute atomic E-state index is 0.00420. The highest BCUT2D eigenvalue weighted by Gasteiger charge is 2.64. The number of aliphatic hydroxyl groups excluding tert-OH is 4. The summed E-state index contributed by atoms with van der Waals surface area (Å²) in [5, 5.41) is 65.1. The smallest absolute Gasteiger partial charge is 0.341 e. The van der Waals surface area contributed by atoms with Gasteiger partial charge in [-0.1, -0.05) is 0 Å². The Morgan fingerprint density at radius 3 is 2.40 bits per heavy atom. The Morgan fingerprint density at radius 2 is 1.72 bits per heavy atom. The molecule has 17 nitrogen and oxygen atoms in total. The molecule has 0 spiro atoms. The first-order valence-electron chi connectivity index (χ1n) is 21.8. The maximum Gasteiger partial charge on any atom is 0.341 e. The maximum absolute atomic E-state index is 15.0. The monoisotopic (exact) mass is 811 g/mol. The normalized spacial score (nSPS) is 49.4. The molecule has 4 saturated carbocycles. The fourth-order valence-electron chi connectivity index (χ4n) is 12.6. The number of ketones is 2. The Morgan fingerprint density at radius 1 is 0.947 bits per heavy atom. The van der Waals surface area contributed by atoms with Gasteiger partial charge in [-0.2, -0.15) is 0 Å². The molecule has 3 saturated heterocycles. The Hall–Kier alpha value is -1.87. The van der Waals surface area contributed by atoms with Crippen molar-refractivity contribution >= 4 is 17.5 Å². The summed E-state index contributed by atoms with van der Waals surface area (Å²) >= 11 is 0. The molecule has 3 heterocycles. The van der Waals surface area contributed by atoms with Gasteiger partial charge in [-0.25, -0.2) is 0 Å². The molecule has 3 aliphatic heterocycles. The molecule has 0 bridgehead atoms. The predicted octanol–water partition coefficient (Wildman–Crippen LogP) is -5.96. The Balaban J connectivity index is 1.11. The number of carbonyl (C=O) groups excluding carboxylic acids is 2. The highest BCUT2D eigenvalue weighted by atomic mass is 16.7. The van der Waals surface area contributed by atoms with Crippen molar-refractivity contribution in [2.75, 3.05) is 33.9 Å². The molecule has 0 aromatic rings. The second-order valence-corrected chi connectivity index (χ2v) is 18.8. The standard InChI is InChI=1S/C40H69N7O10/c1-44-39(43)47-25-5-4-20(11-19-3-6-28(41)46-16-19)22-15-24-32(34(50)30(22)25)35(51)31-23(33(24)49)13-21(55-2)14-26(31)56-38-36(52)37(53)40(54,27(17-48)57-38)9-7-18-8-10-45-29(42)12-18/h18-32,34,36-38,45-46,48,50,52-54H,3-17,41-42H2,1-2H3,(H3,43,44,47)/p+3/t18?,19?,20-,21?,22?,23?,24?,25-,26?,27+,28?,29?,30?,31?,32?,34?,36+,37+,38-,40+/m0/s1. The largest absolute Gasteiger partial charge is 0.394 e. The van der Waals surface area contributed by atoms with E-state index in [2.05, 4.69) is 20.9 Å². The molecular weight excluding hydrogens is 738 g/mol. The van der Waals surface area contributed by atoms with E-state index in [1.54, 1.807) is 14.2 Å². The third kappa shape index (κ3) is 8.55. The molecule has 17 N–H and O–H groups in total. The van der Waals surface area contributed by atoms with Crippen LogP contribution in [0, 0.1) is 53.3 Å². The minimum Gasteiger partial charge on any atom is -0.394 e. The van der Waals surface area contributed by atoms with Crippen LogP contribution in [0.25, 0.3) is 0 Å². The van der Waals surface area contributed by atoms with Crippen molar-refractivity contribution in [2.24, 2.45) is 70.5 Å². The van der Waals surface area contributed by atoms with Gasteiger partial charge in [0.2, 0.25) is 0 Å². The number of Topliss-reactive ketones (excluding diaryl/α,β-unsaturated/α-hetero) is 2. The summed E-state index contributed by atoms with van der Waals surface area (Å²) in [5.41, 5.74) is 16.6. The molecule has 0 aromatic heterocycles. The van der Waals surface area contributed by atoms with E-state index in [1.807, 2.05) is 0 Å². The van der Waals surface area contributed by atoms with E-state index in [0.717, 1.165) is 58.0 Å². The lowest BCUT2D eigenvalue weighted by Gasteiger charge is -2.56. The number of nitrogens with two attached hydrogens (primary N) is 5. The van der Waals surface area contributed by atoms with E-state index in [1.165, 1.54) is 0 Å². The number of aliphatic hydroxyl groups is 5. The van der Waals surface area contributed by atoms with Crippen molar-refractivity contribution in [1.82, 2.24) is 5.32 Å². The third-order valence-corrected chi connectivity index (χ3v) is 15.7. The molecule has 324 valence electrons. The molecule has 0 aromatic carbocycles. The summed E-state index contributed by atoms with van der Waals surface area (Å²) in [6.45, 7) is 1.16. The number of quaternary nitrogens is 2. The molecule has 0 amide bonds. The van der Waals surface area contributed by atoms with Gasteiger partial charge in [-0.15, -0.1) is 0 Å². The number of methoxy groups -OCH3 is 1. The summed E-state index contributed by atoms with van der Waals surface area (Å²) in [6, 6.07) is -0.201. The molecule has 4 aliphatic carbocycles. The Kier molecular flexibility index (Phi) is 13.7. The lowest BCUT2D eigenvalue weighted by molar-refractivity contribution is -0.703. The summed E-state index contributed by atoms with van der Waals surface area (Å²) in [6.07, 6.45) is -0.781. The van der Waals surface area contributed by atoms with Crippen LogP contribution in [0.15, 0.2) is 0 Å². The molecule has 7 rings (SSSR count). The van der Waals surface area contributed by atoms with E-state index in [9.17, 15) is 35.1 Å². The average Bonchev–Trinajstić information content (AvgIpc) is 3.20.